The zero-order valence-electron chi connectivity index (χ0n) is 23.0. The Bertz CT molecular complexity index is 1230. The Kier molecular flexibility index (Phi) is 8.73. The van der Waals surface area contributed by atoms with E-state index >= 15 is 0 Å². The molecule has 0 spiro atoms. The summed E-state index contributed by atoms with van der Waals surface area (Å²) in [5.74, 6) is -3.09. The van der Waals surface area contributed by atoms with Gasteiger partial charge in [0.05, 0.1) is 19.1 Å². The number of piperazine rings is 1. The monoisotopic (exact) mass is 591 g/mol. The lowest BCUT2D eigenvalue weighted by molar-refractivity contribution is -0.148. The number of methoxy groups -OCH3 is 1. The summed E-state index contributed by atoms with van der Waals surface area (Å²) in [6.07, 6.45) is -5.06. The number of amides is 5. The number of likely N-dealkylation sites (tertiary alicyclic amines) is 1. The van der Waals surface area contributed by atoms with Gasteiger partial charge >= 0.3 is 0 Å². The fourth-order valence-corrected chi connectivity index (χ4v) is 6.03. The number of rotatable bonds is 3. The van der Waals surface area contributed by atoms with Crippen molar-refractivity contribution in [2.45, 2.75) is 55.4 Å². The van der Waals surface area contributed by atoms with E-state index in [1.807, 2.05) is 0 Å². The third-order valence-corrected chi connectivity index (χ3v) is 8.21. The van der Waals surface area contributed by atoms with Crippen LogP contribution in [0.3, 0.4) is 0 Å². The maximum absolute atomic E-state index is 13.8. The standard InChI is InChI=1S/C27H34FN5O9/c1-41-13-22(35)33-11-16-8-17(33)27(40)31-6-7-32(26(39)14-2-4-15(28)5-3-14)18(12-31)25(38)29-10-20-24(37)23(36)19(42-20)9-21(34)30-16/h2-5,16-20,23-24,36-37H,6-13H2,1H3,(H,29,38)(H,30,34)/t16-,17-,18-,19-,20+,23-,24+/m0/s1. The average Bonchev–Trinajstić information content (AvgIpc) is 3.51. The molecule has 0 saturated carbocycles. The first-order valence-corrected chi connectivity index (χ1v) is 13.8. The van der Waals surface area contributed by atoms with Crippen molar-refractivity contribution in [3.05, 3.63) is 35.6 Å². The molecule has 5 amide bonds. The highest BCUT2D eigenvalue weighted by Crippen LogP contribution is 2.26. The number of benzene rings is 1. The molecule has 4 aliphatic rings. The SMILES string of the molecule is COCC(=O)N1C[C@@H]2C[C@H]1C(=O)N1CCN(C(=O)c3ccc(F)cc3)[C@@H](C1)C(=O)NC[C@H]1O[C@@H](CC(=O)N2)[C@H](O)[C@@H]1O. The van der Waals surface area contributed by atoms with Gasteiger partial charge in [0.15, 0.2) is 0 Å². The minimum absolute atomic E-state index is 0.0255. The van der Waals surface area contributed by atoms with Crippen LogP contribution in [0.1, 0.15) is 23.2 Å². The minimum Gasteiger partial charge on any atom is -0.388 e. The van der Waals surface area contributed by atoms with E-state index in [1.165, 1.54) is 33.9 Å². The molecule has 0 aromatic heterocycles. The highest BCUT2D eigenvalue weighted by molar-refractivity contribution is 5.98. The smallest absolute Gasteiger partial charge is 0.254 e. The quantitative estimate of drug-likeness (QED) is 0.290. The Morgan fingerprint density at radius 1 is 1.02 bits per heavy atom. The zero-order chi connectivity index (χ0) is 30.1. The van der Waals surface area contributed by atoms with E-state index in [1.54, 1.807) is 0 Å². The summed E-state index contributed by atoms with van der Waals surface area (Å²) in [4.78, 5) is 70.5. The number of halogens is 1. The fourth-order valence-electron chi connectivity index (χ4n) is 6.03. The molecule has 14 nitrogen and oxygen atoms in total. The summed E-state index contributed by atoms with van der Waals surface area (Å²) in [7, 11) is 1.35. The van der Waals surface area contributed by atoms with Crippen molar-refractivity contribution in [3.8, 4) is 0 Å². The van der Waals surface area contributed by atoms with Crippen LogP contribution in [0.4, 0.5) is 4.39 Å². The van der Waals surface area contributed by atoms with Gasteiger partial charge in [0.1, 0.15) is 42.8 Å². The van der Waals surface area contributed by atoms with Gasteiger partial charge in [0.25, 0.3) is 5.91 Å². The van der Waals surface area contributed by atoms with Crippen LogP contribution in [0.25, 0.3) is 0 Å². The third kappa shape index (κ3) is 5.95. The molecule has 0 aliphatic carbocycles. The van der Waals surface area contributed by atoms with Gasteiger partial charge in [0, 0.05) is 44.9 Å². The number of aliphatic hydroxyl groups excluding tert-OH is 2. The van der Waals surface area contributed by atoms with Crippen LogP contribution in [-0.4, -0.2) is 143 Å². The molecule has 1 aromatic rings. The molecule has 5 rings (SSSR count). The summed E-state index contributed by atoms with van der Waals surface area (Å²) in [5.41, 5.74) is 0.155. The van der Waals surface area contributed by atoms with E-state index in [4.69, 9.17) is 9.47 Å². The highest BCUT2D eigenvalue weighted by Gasteiger charge is 2.47. The van der Waals surface area contributed by atoms with Gasteiger partial charge in [-0.25, -0.2) is 4.39 Å². The third-order valence-electron chi connectivity index (χ3n) is 8.21. The van der Waals surface area contributed by atoms with Crippen molar-refractivity contribution in [3.63, 3.8) is 0 Å². The van der Waals surface area contributed by atoms with Crippen LogP contribution >= 0.6 is 0 Å². The predicted octanol–water partition coefficient (Wildman–Crippen LogP) is -2.78. The normalized spacial score (nSPS) is 32.0. The Labute approximate surface area is 240 Å². The molecule has 0 unspecified atom stereocenters. The summed E-state index contributed by atoms with van der Waals surface area (Å²) in [6, 6.07) is 2.18. The number of carbonyl (C=O) groups excluding carboxylic acids is 5. The van der Waals surface area contributed by atoms with Gasteiger partial charge in [-0.1, -0.05) is 0 Å². The molecule has 6 bridgehead atoms. The van der Waals surface area contributed by atoms with Crippen molar-refractivity contribution in [1.29, 1.82) is 0 Å². The number of nitrogens with one attached hydrogen (secondary N) is 2. The van der Waals surface area contributed by atoms with E-state index in [0.29, 0.717) is 0 Å². The molecule has 1 aromatic carbocycles. The topological polar surface area (TPSA) is 178 Å². The molecular formula is C27H34FN5O9. The number of fused-ring (bicyclic) bond motifs is 6. The van der Waals surface area contributed by atoms with E-state index in [-0.39, 0.29) is 57.7 Å². The largest absolute Gasteiger partial charge is 0.388 e. The van der Waals surface area contributed by atoms with Crippen molar-refractivity contribution in [1.82, 2.24) is 25.3 Å². The number of carbonyl (C=O) groups is 5. The predicted molar refractivity (Wildman–Crippen MR) is 140 cm³/mol. The molecule has 4 heterocycles. The van der Waals surface area contributed by atoms with Gasteiger partial charge in [0.2, 0.25) is 23.6 Å². The Morgan fingerprint density at radius 3 is 2.45 bits per heavy atom. The van der Waals surface area contributed by atoms with E-state index in [9.17, 15) is 38.6 Å². The summed E-state index contributed by atoms with van der Waals surface area (Å²) >= 11 is 0. The van der Waals surface area contributed by atoms with Crippen molar-refractivity contribution in [2.24, 2.45) is 0 Å². The van der Waals surface area contributed by atoms with Crippen LogP contribution in [0.15, 0.2) is 24.3 Å². The number of ether oxygens (including phenoxy) is 2. The molecule has 4 fully saturated rings. The molecule has 228 valence electrons. The van der Waals surface area contributed by atoms with Gasteiger partial charge in [-0.15, -0.1) is 0 Å². The summed E-state index contributed by atoms with van der Waals surface area (Å²) < 4.78 is 24.2. The van der Waals surface area contributed by atoms with Gasteiger partial charge in [-0.2, -0.15) is 0 Å². The molecule has 15 heteroatoms. The number of aliphatic hydroxyl groups is 2. The van der Waals surface area contributed by atoms with Crippen molar-refractivity contribution >= 4 is 29.5 Å². The second kappa shape index (κ2) is 12.3. The fraction of sp³-hybridized carbons (Fsp3) is 0.593. The first kappa shape index (κ1) is 29.8. The minimum atomic E-state index is -1.40. The van der Waals surface area contributed by atoms with Gasteiger partial charge < -0.3 is 45.0 Å². The van der Waals surface area contributed by atoms with Crippen LogP contribution in [0.5, 0.6) is 0 Å². The van der Waals surface area contributed by atoms with Crippen molar-refractivity contribution < 1.29 is 48.0 Å². The van der Waals surface area contributed by atoms with E-state index in [0.717, 1.165) is 12.1 Å². The van der Waals surface area contributed by atoms with Crippen LogP contribution < -0.4 is 10.6 Å². The Morgan fingerprint density at radius 2 is 1.74 bits per heavy atom. The summed E-state index contributed by atoms with van der Waals surface area (Å²) in [6.45, 7) is -0.636. The molecule has 7 atom stereocenters. The van der Waals surface area contributed by atoms with Crippen LogP contribution in [0.2, 0.25) is 0 Å². The lowest BCUT2D eigenvalue weighted by Crippen LogP contribution is -2.63. The van der Waals surface area contributed by atoms with Crippen LogP contribution in [-0.2, 0) is 28.7 Å². The average molecular weight is 592 g/mol. The maximum Gasteiger partial charge on any atom is 0.254 e. The number of hydrogen-bond donors (Lipinski definition) is 4. The molecule has 0 radical (unpaired) electrons. The lowest BCUT2D eigenvalue weighted by Gasteiger charge is -2.42. The number of hydrogen-bond acceptors (Lipinski definition) is 9. The Balaban J connectivity index is 1.45. The molecule has 4 saturated heterocycles. The van der Waals surface area contributed by atoms with Crippen LogP contribution in [0, 0.1) is 5.82 Å². The van der Waals surface area contributed by atoms with E-state index in [2.05, 4.69) is 10.6 Å². The molecule has 4 aliphatic heterocycles. The molecular weight excluding hydrogens is 557 g/mol. The lowest BCUT2D eigenvalue weighted by atomic mass is 10.0. The second-order valence-corrected chi connectivity index (χ2v) is 10.9. The maximum atomic E-state index is 13.8. The van der Waals surface area contributed by atoms with Gasteiger partial charge in [-0.05, 0) is 30.7 Å². The zero-order valence-corrected chi connectivity index (χ0v) is 23.0. The highest BCUT2D eigenvalue weighted by atomic mass is 19.1. The van der Waals surface area contributed by atoms with E-state index < -0.39 is 77.9 Å². The second-order valence-electron chi connectivity index (χ2n) is 10.9. The Hall–Kier alpha value is -3.66. The van der Waals surface area contributed by atoms with Crippen molar-refractivity contribution in [2.75, 3.05) is 46.4 Å². The first-order valence-electron chi connectivity index (χ1n) is 13.8. The first-order chi connectivity index (χ1) is 20.1. The molecule has 4 N–H and O–H groups in total. The number of nitrogens with zero attached hydrogens (tertiary/aromatic N) is 3. The van der Waals surface area contributed by atoms with Gasteiger partial charge in [-0.3, -0.25) is 24.0 Å². The molecule has 42 heavy (non-hydrogen) atoms. The summed E-state index contributed by atoms with van der Waals surface area (Å²) in [5, 5.41) is 26.5.